The molecule has 4 heteroatoms. The van der Waals surface area contributed by atoms with Crippen molar-refractivity contribution >= 4 is 12.2 Å². The summed E-state index contributed by atoms with van der Waals surface area (Å²) in [7, 11) is 0. The molecular weight excluding hydrogens is 266 g/mol. The van der Waals surface area contributed by atoms with Crippen molar-refractivity contribution in [2.24, 2.45) is 0 Å². The Bertz CT molecular complexity index is 713. The minimum atomic E-state index is 0.558. The average molecular weight is 281 g/mol. The van der Waals surface area contributed by atoms with Gasteiger partial charge in [-0.05, 0) is 17.2 Å². The molecule has 2 heterocycles. The highest BCUT2D eigenvalue weighted by Crippen LogP contribution is 2.20. The van der Waals surface area contributed by atoms with E-state index in [0.29, 0.717) is 10.2 Å². The summed E-state index contributed by atoms with van der Waals surface area (Å²) in [5.41, 5.74) is 4.26. The van der Waals surface area contributed by atoms with Crippen molar-refractivity contribution in [3.8, 4) is 6.07 Å². The second kappa shape index (κ2) is 5.58. The van der Waals surface area contributed by atoms with Crippen LogP contribution in [0.15, 0.2) is 36.4 Å². The zero-order chi connectivity index (χ0) is 13.9. The Hall–Kier alpha value is -1.96. The van der Waals surface area contributed by atoms with Gasteiger partial charge in [-0.25, -0.2) is 0 Å². The third-order valence-corrected chi connectivity index (χ3v) is 3.98. The number of benzene rings is 1. The van der Waals surface area contributed by atoms with Gasteiger partial charge in [-0.3, -0.25) is 4.90 Å². The van der Waals surface area contributed by atoms with E-state index in [0.717, 1.165) is 26.1 Å². The predicted molar refractivity (Wildman–Crippen MR) is 80.6 cm³/mol. The van der Waals surface area contributed by atoms with Crippen molar-refractivity contribution < 1.29 is 0 Å². The lowest BCUT2D eigenvalue weighted by molar-refractivity contribution is 0.243. The normalized spacial score (nSPS) is 14.6. The predicted octanol–water partition coefficient (Wildman–Crippen LogP) is 3.17. The van der Waals surface area contributed by atoms with E-state index in [1.807, 2.05) is 12.1 Å². The van der Waals surface area contributed by atoms with E-state index in [2.05, 4.69) is 40.2 Å². The van der Waals surface area contributed by atoms with Crippen LogP contribution in [0.1, 0.15) is 22.4 Å². The molecule has 0 saturated heterocycles. The number of aromatic amines is 1. The van der Waals surface area contributed by atoms with Gasteiger partial charge in [0.05, 0.1) is 5.56 Å². The summed E-state index contributed by atoms with van der Waals surface area (Å²) in [6.07, 6.45) is 0.956. The minimum Gasteiger partial charge on any atom is -0.349 e. The van der Waals surface area contributed by atoms with Gasteiger partial charge in [-0.15, -0.1) is 0 Å². The van der Waals surface area contributed by atoms with Crippen LogP contribution in [0.3, 0.4) is 0 Å². The van der Waals surface area contributed by atoms with Gasteiger partial charge in [-0.1, -0.05) is 42.5 Å². The van der Waals surface area contributed by atoms with Crippen LogP contribution >= 0.6 is 12.2 Å². The summed E-state index contributed by atoms with van der Waals surface area (Å²) in [6, 6.07) is 14.6. The first kappa shape index (κ1) is 13.0. The lowest BCUT2D eigenvalue weighted by atomic mass is 10.0. The summed E-state index contributed by atoms with van der Waals surface area (Å²) >= 11 is 5.18. The number of nitrogens with zero attached hydrogens (tertiary/aromatic N) is 2. The second-order valence-corrected chi connectivity index (χ2v) is 5.48. The van der Waals surface area contributed by atoms with Crippen molar-refractivity contribution in [3.05, 3.63) is 63.4 Å². The topological polar surface area (TPSA) is 42.8 Å². The molecule has 0 spiro atoms. The SMILES string of the molecule is N#Cc1cc2c([nH]c1=S)CCN(Cc1ccccc1)C2. The van der Waals surface area contributed by atoms with Crippen molar-refractivity contribution in [1.82, 2.24) is 9.88 Å². The number of hydrogen-bond donors (Lipinski definition) is 1. The zero-order valence-corrected chi connectivity index (χ0v) is 11.9. The van der Waals surface area contributed by atoms with E-state index >= 15 is 0 Å². The Kier molecular flexibility index (Phi) is 3.64. The number of hydrogen-bond acceptors (Lipinski definition) is 3. The van der Waals surface area contributed by atoms with Gasteiger partial charge in [0, 0.05) is 31.7 Å². The molecule has 3 nitrogen and oxygen atoms in total. The number of aromatic nitrogens is 1. The van der Waals surface area contributed by atoms with Crippen molar-refractivity contribution in [2.75, 3.05) is 6.54 Å². The fraction of sp³-hybridized carbons (Fsp3) is 0.250. The quantitative estimate of drug-likeness (QED) is 0.860. The molecule has 0 aliphatic carbocycles. The van der Waals surface area contributed by atoms with Gasteiger partial charge in [0.15, 0.2) is 0 Å². The number of pyridine rings is 1. The summed E-state index contributed by atoms with van der Waals surface area (Å²) in [5.74, 6) is 0. The molecule has 0 bridgehead atoms. The smallest absolute Gasteiger partial charge is 0.121 e. The van der Waals surface area contributed by atoms with E-state index in [1.54, 1.807) is 0 Å². The largest absolute Gasteiger partial charge is 0.349 e. The maximum Gasteiger partial charge on any atom is 0.121 e. The molecule has 1 N–H and O–H groups in total. The first-order chi connectivity index (χ1) is 9.76. The van der Waals surface area contributed by atoms with Crippen LogP contribution in [0.4, 0.5) is 0 Å². The van der Waals surface area contributed by atoms with Crippen LogP contribution in [-0.4, -0.2) is 16.4 Å². The highest BCUT2D eigenvalue weighted by molar-refractivity contribution is 7.71. The molecule has 0 radical (unpaired) electrons. The van der Waals surface area contributed by atoms with E-state index < -0.39 is 0 Å². The number of rotatable bonds is 2. The second-order valence-electron chi connectivity index (χ2n) is 5.07. The lowest BCUT2D eigenvalue weighted by Crippen LogP contribution is -2.30. The fourth-order valence-corrected chi connectivity index (χ4v) is 2.85. The van der Waals surface area contributed by atoms with Crippen LogP contribution in [0.5, 0.6) is 0 Å². The van der Waals surface area contributed by atoms with Gasteiger partial charge in [0.2, 0.25) is 0 Å². The number of nitriles is 1. The third kappa shape index (κ3) is 2.64. The molecule has 1 aliphatic heterocycles. The molecule has 1 aliphatic rings. The standard InChI is InChI=1S/C16H15N3S/c17-9-13-8-14-11-19(7-6-15(14)18-16(13)20)10-12-4-2-1-3-5-12/h1-5,8H,6-7,10-11H2,(H,18,20). The molecular formula is C16H15N3S. The highest BCUT2D eigenvalue weighted by Gasteiger charge is 2.17. The summed E-state index contributed by atoms with van der Waals surface area (Å²) in [4.78, 5) is 5.60. The Labute approximate surface area is 123 Å². The van der Waals surface area contributed by atoms with Crippen LogP contribution in [0.25, 0.3) is 0 Å². The fourth-order valence-electron chi connectivity index (χ4n) is 2.63. The van der Waals surface area contributed by atoms with Gasteiger partial charge in [0.25, 0.3) is 0 Å². The van der Waals surface area contributed by atoms with E-state index in [-0.39, 0.29) is 0 Å². The van der Waals surface area contributed by atoms with Gasteiger partial charge in [-0.2, -0.15) is 5.26 Å². The van der Waals surface area contributed by atoms with E-state index in [9.17, 15) is 0 Å². The number of fused-ring (bicyclic) bond motifs is 1. The lowest BCUT2D eigenvalue weighted by Gasteiger charge is -2.28. The molecule has 0 atom stereocenters. The maximum atomic E-state index is 9.07. The zero-order valence-electron chi connectivity index (χ0n) is 11.1. The van der Waals surface area contributed by atoms with E-state index in [1.165, 1.54) is 16.8 Å². The Morgan fingerprint density at radius 2 is 2.10 bits per heavy atom. The molecule has 0 unspecified atom stereocenters. The van der Waals surface area contributed by atoms with Gasteiger partial charge >= 0.3 is 0 Å². The molecule has 3 rings (SSSR count). The molecule has 100 valence electrons. The van der Waals surface area contributed by atoms with Crippen LogP contribution in [-0.2, 0) is 19.5 Å². The van der Waals surface area contributed by atoms with Crippen molar-refractivity contribution in [3.63, 3.8) is 0 Å². The summed E-state index contributed by atoms with van der Waals surface area (Å²) in [6.45, 7) is 2.82. The number of nitrogens with one attached hydrogen (secondary N) is 1. The Balaban J connectivity index is 1.82. The van der Waals surface area contributed by atoms with Gasteiger partial charge in [0.1, 0.15) is 10.7 Å². The van der Waals surface area contributed by atoms with Crippen LogP contribution < -0.4 is 0 Å². The molecule has 1 aromatic heterocycles. The van der Waals surface area contributed by atoms with Crippen LogP contribution in [0.2, 0.25) is 0 Å². The molecule has 0 fully saturated rings. The van der Waals surface area contributed by atoms with Crippen molar-refractivity contribution in [2.45, 2.75) is 19.5 Å². The molecule has 0 saturated carbocycles. The Morgan fingerprint density at radius 1 is 1.30 bits per heavy atom. The molecule has 0 amide bonds. The number of H-pyrrole nitrogens is 1. The highest BCUT2D eigenvalue weighted by atomic mass is 32.1. The maximum absolute atomic E-state index is 9.07. The third-order valence-electron chi connectivity index (χ3n) is 3.66. The monoisotopic (exact) mass is 281 g/mol. The van der Waals surface area contributed by atoms with Gasteiger partial charge < -0.3 is 4.98 Å². The van der Waals surface area contributed by atoms with E-state index in [4.69, 9.17) is 17.5 Å². The summed E-state index contributed by atoms with van der Waals surface area (Å²) in [5, 5.41) is 9.07. The summed E-state index contributed by atoms with van der Waals surface area (Å²) < 4.78 is 0.558. The Morgan fingerprint density at radius 3 is 2.85 bits per heavy atom. The van der Waals surface area contributed by atoms with Crippen molar-refractivity contribution in [1.29, 1.82) is 5.26 Å². The first-order valence-corrected chi connectivity index (χ1v) is 7.08. The average Bonchev–Trinajstić information content (AvgIpc) is 2.48. The minimum absolute atomic E-state index is 0.558. The first-order valence-electron chi connectivity index (χ1n) is 6.68. The molecule has 20 heavy (non-hydrogen) atoms. The molecule has 1 aromatic carbocycles. The van der Waals surface area contributed by atoms with Crippen LogP contribution in [0, 0.1) is 16.0 Å². The molecule has 2 aromatic rings.